The molecule has 100 valence electrons. The summed E-state index contributed by atoms with van der Waals surface area (Å²) in [5.41, 5.74) is 0.231. The first-order valence-corrected chi connectivity index (χ1v) is 8.04. The molecule has 1 amide bonds. The van der Waals surface area contributed by atoms with Crippen molar-refractivity contribution in [1.82, 2.24) is 5.32 Å². The zero-order valence-electron chi connectivity index (χ0n) is 11.3. The van der Waals surface area contributed by atoms with E-state index in [0.29, 0.717) is 11.8 Å². The maximum atomic E-state index is 12.4. The fourth-order valence-electron chi connectivity index (χ4n) is 5.82. The molecule has 0 aromatic heterocycles. The van der Waals surface area contributed by atoms with Gasteiger partial charge in [0.2, 0.25) is 5.91 Å². The van der Waals surface area contributed by atoms with Crippen molar-refractivity contribution >= 4 is 5.91 Å². The molecule has 4 bridgehead atoms. The van der Waals surface area contributed by atoms with Gasteiger partial charge in [0.1, 0.15) is 0 Å². The molecule has 2 heteroatoms. The van der Waals surface area contributed by atoms with Gasteiger partial charge in [-0.05, 0) is 69.1 Å². The van der Waals surface area contributed by atoms with Crippen molar-refractivity contribution in [2.75, 3.05) is 0 Å². The minimum Gasteiger partial charge on any atom is -0.350 e. The summed E-state index contributed by atoms with van der Waals surface area (Å²) in [5.74, 6) is 3.54. The summed E-state index contributed by atoms with van der Waals surface area (Å²) in [5, 5.41) is 3.53. The van der Waals surface area contributed by atoms with E-state index < -0.39 is 0 Å². The van der Waals surface area contributed by atoms with Gasteiger partial charge in [0.15, 0.2) is 0 Å². The minimum atomic E-state index is 0.231. The van der Waals surface area contributed by atoms with Crippen molar-refractivity contribution in [2.45, 2.75) is 69.7 Å². The Hall–Kier alpha value is -0.530. The maximum Gasteiger partial charge on any atom is 0.223 e. The van der Waals surface area contributed by atoms with Crippen LogP contribution in [-0.2, 0) is 4.79 Å². The Bertz CT molecular complexity index is 321. The van der Waals surface area contributed by atoms with Crippen molar-refractivity contribution in [2.24, 2.45) is 23.7 Å². The second kappa shape index (κ2) is 3.98. The Morgan fingerprint density at radius 1 is 0.889 bits per heavy atom. The lowest BCUT2D eigenvalue weighted by Gasteiger charge is -2.57. The standard InChI is InChI=1S/C16H25NO/c18-15(14-3-1-2-4-14)17-16-8-11-5-12(9-16)7-13(6-11)10-16/h11-14H,1-10H2,(H,17,18). The number of carbonyl (C=O) groups is 1. The average Bonchev–Trinajstić information content (AvgIpc) is 2.79. The number of carbonyl (C=O) groups excluding carboxylic acids is 1. The number of rotatable bonds is 2. The molecule has 5 saturated carbocycles. The van der Waals surface area contributed by atoms with Crippen LogP contribution in [0.25, 0.3) is 0 Å². The first-order valence-electron chi connectivity index (χ1n) is 8.04. The number of hydrogen-bond donors (Lipinski definition) is 1. The van der Waals surface area contributed by atoms with Gasteiger partial charge in [-0.15, -0.1) is 0 Å². The maximum absolute atomic E-state index is 12.4. The molecule has 18 heavy (non-hydrogen) atoms. The molecule has 1 N–H and O–H groups in total. The van der Waals surface area contributed by atoms with Gasteiger partial charge in [-0.3, -0.25) is 4.79 Å². The van der Waals surface area contributed by atoms with Gasteiger partial charge in [0.25, 0.3) is 0 Å². The Labute approximate surface area is 110 Å². The predicted molar refractivity (Wildman–Crippen MR) is 71.0 cm³/mol. The van der Waals surface area contributed by atoms with Crippen molar-refractivity contribution in [3.63, 3.8) is 0 Å². The zero-order chi connectivity index (χ0) is 12.2. The van der Waals surface area contributed by atoms with E-state index in [2.05, 4.69) is 5.32 Å². The molecule has 5 rings (SSSR count). The summed E-state index contributed by atoms with van der Waals surface area (Å²) in [6, 6.07) is 0. The summed E-state index contributed by atoms with van der Waals surface area (Å²) < 4.78 is 0. The van der Waals surface area contributed by atoms with Crippen molar-refractivity contribution < 1.29 is 4.79 Å². The van der Waals surface area contributed by atoms with E-state index in [4.69, 9.17) is 0 Å². The van der Waals surface area contributed by atoms with Gasteiger partial charge in [-0.1, -0.05) is 12.8 Å². The van der Waals surface area contributed by atoms with Gasteiger partial charge < -0.3 is 5.32 Å². The first-order chi connectivity index (χ1) is 8.72. The SMILES string of the molecule is O=C(NC12CC3CC(CC(C3)C1)C2)C1CCCC1. The molecule has 0 aliphatic heterocycles. The lowest BCUT2D eigenvalue weighted by Crippen LogP contribution is -2.60. The second-order valence-corrected chi connectivity index (χ2v) is 7.67. The number of hydrogen-bond acceptors (Lipinski definition) is 1. The fourth-order valence-corrected chi connectivity index (χ4v) is 5.82. The normalized spacial score (nSPS) is 46.6. The number of amides is 1. The van der Waals surface area contributed by atoms with Crippen LogP contribution in [0.1, 0.15) is 64.2 Å². The Morgan fingerprint density at radius 3 is 1.89 bits per heavy atom. The van der Waals surface area contributed by atoms with E-state index in [0.717, 1.165) is 30.6 Å². The van der Waals surface area contributed by atoms with E-state index in [1.54, 1.807) is 0 Å². The zero-order valence-corrected chi connectivity index (χ0v) is 11.3. The molecule has 0 atom stereocenters. The van der Waals surface area contributed by atoms with Gasteiger partial charge in [-0.2, -0.15) is 0 Å². The fraction of sp³-hybridized carbons (Fsp3) is 0.938. The molecule has 0 radical (unpaired) electrons. The molecule has 5 aliphatic rings. The highest BCUT2D eigenvalue weighted by molar-refractivity contribution is 5.79. The molecular formula is C16H25NO. The third-order valence-corrected chi connectivity index (χ3v) is 6.15. The largest absolute Gasteiger partial charge is 0.350 e. The van der Waals surface area contributed by atoms with Gasteiger partial charge >= 0.3 is 0 Å². The van der Waals surface area contributed by atoms with Crippen molar-refractivity contribution in [1.29, 1.82) is 0 Å². The first kappa shape index (κ1) is 11.3. The Balaban J connectivity index is 1.48. The van der Waals surface area contributed by atoms with E-state index in [-0.39, 0.29) is 5.54 Å². The molecule has 0 heterocycles. The van der Waals surface area contributed by atoms with E-state index in [1.165, 1.54) is 51.4 Å². The van der Waals surface area contributed by atoms with Crippen molar-refractivity contribution in [3.8, 4) is 0 Å². The van der Waals surface area contributed by atoms with Crippen LogP contribution >= 0.6 is 0 Å². The molecule has 5 aliphatic carbocycles. The van der Waals surface area contributed by atoms with E-state index >= 15 is 0 Å². The molecule has 0 saturated heterocycles. The summed E-state index contributed by atoms with van der Waals surface area (Å²) in [6.45, 7) is 0. The molecule has 2 nitrogen and oxygen atoms in total. The van der Waals surface area contributed by atoms with Crippen LogP contribution in [0, 0.1) is 23.7 Å². The topological polar surface area (TPSA) is 29.1 Å². The van der Waals surface area contributed by atoms with Crippen molar-refractivity contribution in [3.05, 3.63) is 0 Å². The Morgan fingerprint density at radius 2 is 1.39 bits per heavy atom. The van der Waals surface area contributed by atoms with Crippen LogP contribution in [-0.4, -0.2) is 11.4 Å². The summed E-state index contributed by atoms with van der Waals surface area (Å²) in [4.78, 5) is 12.4. The third-order valence-electron chi connectivity index (χ3n) is 6.15. The molecule has 0 spiro atoms. The molecular weight excluding hydrogens is 222 g/mol. The minimum absolute atomic E-state index is 0.231. The lowest BCUT2D eigenvalue weighted by atomic mass is 9.53. The highest BCUT2D eigenvalue weighted by atomic mass is 16.2. The van der Waals surface area contributed by atoms with Crippen LogP contribution < -0.4 is 5.32 Å². The predicted octanol–water partition coefficient (Wildman–Crippen LogP) is 3.26. The highest BCUT2D eigenvalue weighted by Gasteiger charge is 2.51. The quantitative estimate of drug-likeness (QED) is 0.797. The van der Waals surface area contributed by atoms with Crippen LogP contribution in [0.5, 0.6) is 0 Å². The summed E-state index contributed by atoms with van der Waals surface area (Å²) >= 11 is 0. The third kappa shape index (κ3) is 1.80. The van der Waals surface area contributed by atoms with Gasteiger partial charge in [-0.25, -0.2) is 0 Å². The monoisotopic (exact) mass is 247 g/mol. The molecule has 0 aromatic rings. The van der Waals surface area contributed by atoms with Crippen LogP contribution in [0.3, 0.4) is 0 Å². The Kier molecular flexibility index (Phi) is 2.50. The lowest BCUT2D eigenvalue weighted by molar-refractivity contribution is -0.130. The molecule has 0 unspecified atom stereocenters. The van der Waals surface area contributed by atoms with Crippen LogP contribution in [0.2, 0.25) is 0 Å². The van der Waals surface area contributed by atoms with Crippen LogP contribution in [0.4, 0.5) is 0 Å². The number of nitrogens with one attached hydrogen (secondary N) is 1. The van der Waals surface area contributed by atoms with E-state index in [9.17, 15) is 4.79 Å². The average molecular weight is 247 g/mol. The summed E-state index contributed by atoms with van der Waals surface area (Å²) in [7, 11) is 0. The van der Waals surface area contributed by atoms with Gasteiger partial charge in [0, 0.05) is 11.5 Å². The molecule has 0 aromatic carbocycles. The van der Waals surface area contributed by atoms with Crippen LogP contribution in [0.15, 0.2) is 0 Å². The highest BCUT2D eigenvalue weighted by Crippen LogP contribution is 2.55. The second-order valence-electron chi connectivity index (χ2n) is 7.67. The van der Waals surface area contributed by atoms with Gasteiger partial charge in [0.05, 0.1) is 0 Å². The van der Waals surface area contributed by atoms with E-state index in [1.807, 2.05) is 0 Å². The summed E-state index contributed by atoms with van der Waals surface area (Å²) in [6.07, 6.45) is 13.0. The molecule has 5 fully saturated rings. The smallest absolute Gasteiger partial charge is 0.223 e.